The maximum absolute atomic E-state index is 11.8. The van der Waals surface area contributed by atoms with Gasteiger partial charge in [-0.2, -0.15) is 0 Å². The fraction of sp³-hybridized carbons (Fsp3) is 0.318. The van der Waals surface area contributed by atoms with Gasteiger partial charge in [0.1, 0.15) is 6.29 Å². The monoisotopic (exact) mass is 400 g/mol. The number of benzene rings is 2. The van der Waals surface area contributed by atoms with Gasteiger partial charge in [-0.05, 0) is 41.0 Å². The van der Waals surface area contributed by atoms with Crippen LogP contribution in [0.5, 0.6) is 28.7 Å². The molecule has 0 amide bonds. The first-order valence-electron chi connectivity index (χ1n) is 9.01. The molecule has 0 saturated heterocycles. The Labute approximate surface area is 169 Å². The zero-order valence-corrected chi connectivity index (χ0v) is 16.8. The van der Waals surface area contributed by atoms with Gasteiger partial charge in [0.2, 0.25) is 5.75 Å². The van der Waals surface area contributed by atoms with Crippen molar-refractivity contribution in [2.75, 3.05) is 35.0 Å². The van der Waals surface area contributed by atoms with E-state index in [4.69, 9.17) is 18.9 Å². The van der Waals surface area contributed by atoms with E-state index in [0.29, 0.717) is 28.2 Å². The lowest BCUT2D eigenvalue weighted by atomic mass is 9.71. The number of carbonyl (C=O) groups excluding carboxylic acids is 1. The molecule has 0 bridgehead atoms. The molecule has 2 N–H and O–H groups in total. The summed E-state index contributed by atoms with van der Waals surface area (Å²) in [7, 11) is 5.97. The second kappa shape index (κ2) is 8.45. The lowest BCUT2D eigenvalue weighted by Gasteiger charge is -2.34. The quantitative estimate of drug-likeness (QED) is 0.690. The molecule has 2 aromatic carbocycles. The maximum atomic E-state index is 11.8. The maximum Gasteiger partial charge on any atom is 0.201 e. The van der Waals surface area contributed by atoms with Crippen LogP contribution in [0, 0.1) is 5.92 Å². The van der Waals surface area contributed by atoms with Crippen LogP contribution in [0.2, 0.25) is 0 Å². The van der Waals surface area contributed by atoms with E-state index in [2.05, 4.69) is 0 Å². The van der Waals surface area contributed by atoms with Crippen molar-refractivity contribution in [1.29, 1.82) is 0 Å². The van der Waals surface area contributed by atoms with Crippen LogP contribution in [-0.4, -0.2) is 51.5 Å². The van der Waals surface area contributed by atoms with E-state index < -0.39 is 11.8 Å². The largest absolute Gasteiger partial charge is 0.502 e. The second-order valence-electron chi connectivity index (χ2n) is 6.61. The number of ether oxygens (including phenoxy) is 4. The molecule has 0 fully saturated rings. The van der Waals surface area contributed by atoms with Gasteiger partial charge < -0.3 is 29.2 Å². The Kier molecular flexibility index (Phi) is 5.98. The van der Waals surface area contributed by atoms with Gasteiger partial charge in [-0.3, -0.25) is 4.79 Å². The van der Waals surface area contributed by atoms with Crippen LogP contribution in [0.1, 0.15) is 22.6 Å². The van der Waals surface area contributed by atoms with Crippen LogP contribution in [0.15, 0.2) is 29.8 Å². The molecule has 0 heterocycles. The van der Waals surface area contributed by atoms with E-state index in [1.54, 1.807) is 31.4 Å². The highest BCUT2D eigenvalue weighted by molar-refractivity contribution is 5.87. The minimum atomic E-state index is -0.528. The Hall–Kier alpha value is -3.19. The highest BCUT2D eigenvalue weighted by atomic mass is 16.5. The van der Waals surface area contributed by atoms with Crippen LogP contribution in [0.25, 0.3) is 6.08 Å². The molecule has 0 unspecified atom stereocenters. The van der Waals surface area contributed by atoms with Crippen LogP contribution >= 0.6 is 0 Å². The van der Waals surface area contributed by atoms with Crippen LogP contribution < -0.4 is 18.9 Å². The number of phenolic OH excluding ortho intramolecular Hbond substituents is 1. The number of aliphatic hydroxyl groups excluding tert-OH is 1. The zero-order chi connectivity index (χ0) is 21.1. The second-order valence-corrected chi connectivity index (χ2v) is 6.61. The normalized spacial score (nSPS) is 17.8. The Bertz CT molecular complexity index is 949. The molecule has 0 spiro atoms. The molecule has 7 nitrogen and oxygen atoms in total. The number of fused-ring (bicyclic) bond motifs is 1. The number of hydrogen-bond acceptors (Lipinski definition) is 7. The lowest BCUT2D eigenvalue weighted by Crippen LogP contribution is -2.25. The molecule has 3 rings (SSSR count). The standard InChI is InChI=1S/C22H24O7/c1-26-16-6-5-12(8-17(16)27-2)19-15(11-24)14(10-23)7-13-9-18(28-3)21(25)22(29-4)20(13)19/h5-10,15,19,24-25H,11H2,1-4H3/t15-,19+/m0/s1. The number of methoxy groups -OCH3 is 4. The molecule has 154 valence electrons. The van der Waals surface area contributed by atoms with Crippen molar-refractivity contribution in [3.63, 3.8) is 0 Å². The lowest BCUT2D eigenvalue weighted by molar-refractivity contribution is -0.105. The third-order valence-electron chi connectivity index (χ3n) is 5.28. The van der Waals surface area contributed by atoms with Crippen molar-refractivity contribution in [3.05, 3.63) is 46.5 Å². The third-order valence-corrected chi connectivity index (χ3v) is 5.28. The number of phenols is 1. The molecule has 0 radical (unpaired) electrons. The van der Waals surface area contributed by atoms with Crippen molar-refractivity contribution >= 4 is 12.4 Å². The van der Waals surface area contributed by atoms with Gasteiger partial charge in [0.15, 0.2) is 23.0 Å². The Morgan fingerprint density at radius 1 is 0.966 bits per heavy atom. The summed E-state index contributed by atoms with van der Waals surface area (Å²) in [6, 6.07) is 7.05. The summed E-state index contributed by atoms with van der Waals surface area (Å²) in [6.07, 6.45) is 2.42. The molecule has 1 aliphatic rings. The molecule has 2 aromatic rings. The van der Waals surface area contributed by atoms with Crippen molar-refractivity contribution in [2.24, 2.45) is 5.92 Å². The fourth-order valence-electron chi connectivity index (χ4n) is 3.92. The van der Waals surface area contributed by atoms with Gasteiger partial charge in [0.05, 0.1) is 35.0 Å². The summed E-state index contributed by atoms with van der Waals surface area (Å²) in [6.45, 7) is -0.265. The van der Waals surface area contributed by atoms with Crippen LogP contribution in [-0.2, 0) is 4.79 Å². The number of aliphatic hydroxyl groups is 1. The van der Waals surface area contributed by atoms with Gasteiger partial charge in [-0.15, -0.1) is 0 Å². The van der Waals surface area contributed by atoms with Crippen molar-refractivity contribution in [2.45, 2.75) is 5.92 Å². The van der Waals surface area contributed by atoms with E-state index in [0.717, 1.165) is 11.8 Å². The molecule has 2 atom stereocenters. The van der Waals surface area contributed by atoms with Crippen molar-refractivity contribution in [3.8, 4) is 28.7 Å². The summed E-state index contributed by atoms with van der Waals surface area (Å²) in [5.74, 6) is 0.408. The van der Waals surface area contributed by atoms with E-state index >= 15 is 0 Å². The SMILES string of the molecule is COc1ccc([C@H]2c3c(cc(OC)c(O)c3OC)C=C(C=O)[C@@H]2CO)cc1OC. The fourth-order valence-corrected chi connectivity index (χ4v) is 3.92. The number of aromatic hydroxyl groups is 1. The summed E-state index contributed by atoms with van der Waals surface area (Å²) in [5.41, 5.74) is 2.54. The van der Waals surface area contributed by atoms with E-state index in [1.165, 1.54) is 21.3 Å². The Morgan fingerprint density at radius 3 is 2.21 bits per heavy atom. The molecule has 0 aliphatic heterocycles. The Balaban J connectivity index is 2.33. The first kappa shape index (κ1) is 20.5. The van der Waals surface area contributed by atoms with Crippen molar-refractivity contribution in [1.82, 2.24) is 0 Å². The van der Waals surface area contributed by atoms with Gasteiger partial charge in [-0.1, -0.05) is 6.07 Å². The first-order valence-corrected chi connectivity index (χ1v) is 9.01. The highest BCUT2D eigenvalue weighted by Crippen LogP contribution is 2.52. The summed E-state index contributed by atoms with van der Waals surface area (Å²) >= 11 is 0. The van der Waals surface area contributed by atoms with Crippen LogP contribution in [0.3, 0.4) is 0 Å². The summed E-state index contributed by atoms with van der Waals surface area (Å²) in [4.78, 5) is 11.8. The minimum Gasteiger partial charge on any atom is -0.502 e. The van der Waals surface area contributed by atoms with Gasteiger partial charge in [0, 0.05) is 17.4 Å². The van der Waals surface area contributed by atoms with Crippen LogP contribution in [0.4, 0.5) is 0 Å². The minimum absolute atomic E-state index is 0.140. The average molecular weight is 400 g/mol. The molecule has 1 aliphatic carbocycles. The number of rotatable bonds is 7. The number of aldehydes is 1. The highest BCUT2D eigenvalue weighted by Gasteiger charge is 2.37. The third kappa shape index (κ3) is 3.38. The topological polar surface area (TPSA) is 94.5 Å². The van der Waals surface area contributed by atoms with Gasteiger partial charge in [0.25, 0.3) is 0 Å². The molecular weight excluding hydrogens is 376 g/mol. The van der Waals surface area contributed by atoms with Gasteiger partial charge >= 0.3 is 0 Å². The van der Waals surface area contributed by atoms with Crippen molar-refractivity contribution < 1.29 is 34.0 Å². The molecular formula is C22H24O7. The zero-order valence-electron chi connectivity index (χ0n) is 16.8. The van der Waals surface area contributed by atoms with E-state index in [1.807, 2.05) is 6.07 Å². The molecule has 0 aromatic heterocycles. The smallest absolute Gasteiger partial charge is 0.201 e. The first-order chi connectivity index (χ1) is 14.0. The molecule has 29 heavy (non-hydrogen) atoms. The predicted octanol–water partition coefficient (Wildman–Crippen LogP) is 2.76. The number of hydrogen-bond donors (Lipinski definition) is 2. The summed E-state index contributed by atoms with van der Waals surface area (Å²) in [5, 5.41) is 20.8. The predicted molar refractivity (Wildman–Crippen MR) is 107 cm³/mol. The van der Waals surface area contributed by atoms with E-state index in [-0.39, 0.29) is 23.9 Å². The average Bonchev–Trinajstić information content (AvgIpc) is 2.76. The van der Waals surface area contributed by atoms with Gasteiger partial charge in [-0.25, -0.2) is 0 Å². The molecule has 7 heteroatoms. The van der Waals surface area contributed by atoms with E-state index in [9.17, 15) is 15.0 Å². The summed E-state index contributed by atoms with van der Waals surface area (Å²) < 4.78 is 21.5. The molecule has 0 saturated carbocycles. The number of carbonyl (C=O) groups is 1. The Morgan fingerprint density at radius 2 is 1.66 bits per heavy atom.